The topological polar surface area (TPSA) is 114 Å². The van der Waals surface area contributed by atoms with Crippen molar-refractivity contribution in [1.29, 1.82) is 0 Å². The zero-order valence-electron chi connectivity index (χ0n) is 17.0. The summed E-state index contributed by atoms with van der Waals surface area (Å²) >= 11 is 0. The smallest absolute Gasteiger partial charge is 0.262 e. The summed E-state index contributed by atoms with van der Waals surface area (Å²) in [7, 11) is -2.39. The molecule has 9 nitrogen and oxygen atoms in total. The average molecular weight is 445 g/mol. The van der Waals surface area contributed by atoms with Crippen LogP contribution in [-0.2, 0) is 26.2 Å². The molecular weight excluding hydrogens is 422 g/mol. The number of methoxy groups -OCH3 is 1. The van der Waals surface area contributed by atoms with Crippen molar-refractivity contribution in [3.8, 4) is 11.5 Å². The minimum atomic E-state index is -3.94. The van der Waals surface area contributed by atoms with Crippen LogP contribution in [0.3, 0.4) is 0 Å². The predicted molar refractivity (Wildman–Crippen MR) is 112 cm³/mol. The number of fused-ring (bicyclic) bond motifs is 1. The van der Waals surface area contributed by atoms with E-state index >= 15 is 0 Å². The first kappa shape index (κ1) is 21.1. The number of rotatable bonds is 6. The number of amides is 2. The molecule has 2 amide bonds. The Morgan fingerprint density at radius 1 is 1.29 bits per heavy atom. The third kappa shape index (κ3) is 4.21. The molecule has 0 radical (unpaired) electrons. The summed E-state index contributed by atoms with van der Waals surface area (Å²) in [6, 6.07) is 10.8. The molecule has 0 saturated carbocycles. The van der Waals surface area contributed by atoms with E-state index in [0.29, 0.717) is 30.0 Å². The van der Waals surface area contributed by atoms with Gasteiger partial charge in [0, 0.05) is 18.7 Å². The molecule has 1 fully saturated rings. The van der Waals surface area contributed by atoms with Gasteiger partial charge in [0.1, 0.15) is 17.5 Å². The normalized spacial score (nSPS) is 18.6. The Labute approximate surface area is 180 Å². The Hall–Kier alpha value is -3.11. The van der Waals surface area contributed by atoms with Crippen LogP contribution >= 0.6 is 0 Å². The van der Waals surface area contributed by atoms with Crippen LogP contribution in [0.4, 0.5) is 5.69 Å². The molecule has 1 atom stereocenters. The maximum atomic E-state index is 13.3. The van der Waals surface area contributed by atoms with Gasteiger partial charge in [0.05, 0.1) is 17.7 Å². The predicted octanol–water partition coefficient (Wildman–Crippen LogP) is 1.50. The second-order valence-corrected chi connectivity index (χ2v) is 9.19. The number of anilines is 1. The molecule has 0 aliphatic carbocycles. The fraction of sp³-hybridized carbons (Fsp3) is 0.333. The molecule has 2 aliphatic rings. The van der Waals surface area contributed by atoms with Gasteiger partial charge in [-0.1, -0.05) is 18.2 Å². The van der Waals surface area contributed by atoms with Gasteiger partial charge in [-0.3, -0.25) is 9.59 Å². The van der Waals surface area contributed by atoms with Gasteiger partial charge in [0.25, 0.3) is 5.91 Å². The standard InChI is InChI=1S/C21H23N3O6S/c1-29-18-7-3-2-5-14(18)12-22-21(26)17-6-4-10-24(17)31(27,28)15-8-9-19-16(11-15)23-20(25)13-30-19/h2-3,5,7-9,11,17H,4,6,10,12-13H2,1H3,(H,22,26)(H,23,25). The number of nitrogens with zero attached hydrogens (tertiary/aromatic N) is 1. The van der Waals surface area contributed by atoms with Crippen molar-refractivity contribution >= 4 is 27.5 Å². The molecule has 1 saturated heterocycles. The van der Waals surface area contributed by atoms with Gasteiger partial charge in [-0.2, -0.15) is 4.31 Å². The van der Waals surface area contributed by atoms with Gasteiger partial charge in [0.2, 0.25) is 15.9 Å². The Morgan fingerprint density at radius 3 is 2.90 bits per heavy atom. The summed E-state index contributed by atoms with van der Waals surface area (Å²) in [6.07, 6.45) is 1.01. The fourth-order valence-corrected chi connectivity index (χ4v) is 5.48. The first-order valence-corrected chi connectivity index (χ1v) is 11.3. The molecule has 1 unspecified atom stereocenters. The van der Waals surface area contributed by atoms with E-state index in [1.807, 2.05) is 18.2 Å². The van der Waals surface area contributed by atoms with Crippen molar-refractivity contribution in [2.24, 2.45) is 0 Å². The van der Waals surface area contributed by atoms with Crippen LogP contribution in [0.25, 0.3) is 0 Å². The minimum Gasteiger partial charge on any atom is -0.496 e. The first-order chi connectivity index (χ1) is 14.9. The quantitative estimate of drug-likeness (QED) is 0.697. The molecule has 0 spiro atoms. The molecule has 0 aromatic heterocycles. The van der Waals surface area contributed by atoms with Gasteiger partial charge in [-0.25, -0.2) is 8.42 Å². The lowest BCUT2D eigenvalue weighted by Crippen LogP contribution is -2.45. The molecule has 2 heterocycles. The second kappa shape index (κ2) is 8.56. The summed E-state index contributed by atoms with van der Waals surface area (Å²) < 4.78 is 38.3. The molecule has 0 bridgehead atoms. The van der Waals surface area contributed by atoms with E-state index in [-0.39, 0.29) is 36.4 Å². The van der Waals surface area contributed by atoms with Gasteiger partial charge in [0.15, 0.2) is 6.61 Å². The Balaban J connectivity index is 1.51. The van der Waals surface area contributed by atoms with Crippen molar-refractivity contribution in [2.75, 3.05) is 25.6 Å². The van der Waals surface area contributed by atoms with E-state index < -0.39 is 16.1 Å². The van der Waals surface area contributed by atoms with Crippen LogP contribution in [-0.4, -0.2) is 50.8 Å². The molecule has 2 N–H and O–H groups in total. The number of sulfonamides is 1. The van der Waals surface area contributed by atoms with Crippen LogP contribution in [0.1, 0.15) is 18.4 Å². The SMILES string of the molecule is COc1ccccc1CNC(=O)C1CCCN1S(=O)(=O)c1ccc2c(c1)NC(=O)CO2. The lowest BCUT2D eigenvalue weighted by atomic mass is 10.2. The van der Waals surface area contributed by atoms with Crippen LogP contribution < -0.4 is 20.1 Å². The van der Waals surface area contributed by atoms with E-state index in [0.717, 1.165) is 5.56 Å². The maximum Gasteiger partial charge on any atom is 0.262 e. The highest BCUT2D eigenvalue weighted by Crippen LogP contribution is 2.33. The number of nitrogens with one attached hydrogen (secondary N) is 2. The Kier molecular flexibility index (Phi) is 5.84. The summed E-state index contributed by atoms with van der Waals surface area (Å²) in [4.78, 5) is 24.4. The average Bonchev–Trinajstić information content (AvgIpc) is 3.28. The van der Waals surface area contributed by atoms with Gasteiger partial charge >= 0.3 is 0 Å². The van der Waals surface area contributed by atoms with Crippen LogP contribution in [0.2, 0.25) is 0 Å². The van der Waals surface area contributed by atoms with E-state index in [1.54, 1.807) is 13.2 Å². The molecular formula is C21H23N3O6S. The number of carbonyl (C=O) groups excluding carboxylic acids is 2. The lowest BCUT2D eigenvalue weighted by Gasteiger charge is -2.25. The molecule has 31 heavy (non-hydrogen) atoms. The number of carbonyl (C=O) groups is 2. The molecule has 10 heteroatoms. The Morgan fingerprint density at radius 2 is 2.10 bits per heavy atom. The minimum absolute atomic E-state index is 0.00137. The van der Waals surface area contributed by atoms with Crippen LogP contribution in [0.5, 0.6) is 11.5 Å². The molecule has 4 rings (SSSR count). The van der Waals surface area contributed by atoms with Crippen molar-refractivity contribution in [3.05, 3.63) is 48.0 Å². The first-order valence-electron chi connectivity index (χ1n) is 9.88. The summed E-state index contributed by atoms with van der Waals surface area (Å²) in [6.45, 7) is 0.365. The van der Waals surface area contributed by atoms with E-state index in [9.17, 15) is 18.0 Å². The summed E-state index contributed by atoms with van der Waals surface area (Å²) in [5.74, 6) is 0.349. The van der Waals surface area contributed by atoms with Crippen molar-refractivity contribution in [1.82, 2.24) is 9.62 Å². The molecule has 2 aromatic rings. The van der Waals surface area contributed by atoms with Crippen LogP contribution in [0, 0.1) is 0 Å². The van der Waals surface area contributed by atoms with E-state index in [4.69, 9.17) is 9.47 Å². The maximum absolute atomic E-state index is 13.3. The van der Waals surface area contributed by atoms with Crippen LogP contribution in [0.15, 0.2) is 47.4 Å². The van der Waals surface area contributed by atoms with Crippen molar-refractivity contribution < 1.29 is 27.5 Å². The lowest BCUT2D eigenvalue weighted by molar-refractivity contribution is -0.124. The highest BCUT2D eigenvalue weighted by atomic mass is 32.2. The largest absolute Gasteiger partial charge is 0.496 e. The summed E-state index contributed by atoms with van der Waals surface area (Å²) in [5.41, 5.74) is 1.10. The molecule has 2 aliphatic heterocycles. The van der Waals surface area contributed by atoms with Gasteiger partial charge in [-0.05, 0) is 37.1 Å². The highest BCUT2D eigenvalue weighted by molar-refractivity contribution is 7.89. The van der Waals surface area contributed by atoms with Gasteiger partial charge in [-0.15, -0.1) is 0 Å². The number of para-hydroxylation sites is 1. The van der Waals surface area contributed by atoms with Crippen molar-refractivity contribution in [2.45, 2.75) is 30.3 Å². The second-order valence-electron chi connectivity index (χ2n) is 7.30. The number of hydrogen-bond donors (Lipinski definition) is 2. The van der Waals surface area contributed by atoms with E-state index in [2.05, 4.69) is 10.6 Å². The number of hydrogen-bond acceptors (Lipinski definition) is 6. The third-order valence-corrected chi connectivity index (χ3v) is 7.25. The zero-order valence-corrected chi connectivity index (χ0v) is 17.8. The summed E-state index contributed by atoms with van der Waals surface area (Å²) in [5, 5.41) is 5.43. The fourth-order valence-electron chi connectivity index (χ4n) is 3.80. The third-order valence-electron chi connectivity index (χ3n) is 5.34. The molecule has 2 aromatic carbocycles. The number of benzene rings is 2. The van der Waals surface area contributed by atoms with Gasteiger partial charge < -0.3 is 20.1 Å². The molecule has 164 valence electrons. The monoisotopic (exact) mass is 445 g/mol. The number of ether oxygens (including phenoxy) is 2. The Bertz CT molecular complexity index is 1120. The van der Waals surface area contributed by atoms with E-state index in [1.165, 1.54) is 22.5 Å². The van der Waals surface area contributed by atoms with Crippen molar-refractivity contribution in [3.63, 3.8) is 0 Å². The zero-order chi connectivity index (χ0) is 22.0. The highest BCUT2D eigenvalue weighted by Gasteiger charge is 2.39.